The number of carbonyl (C=O) groups excluding carboxylic acids is 14. The zero-order valence-electron chi connectivity index (χ0n) is 77.3. The van der Waals surface area contributed by atoms with Crippen molar-refractivity contribution in [2.24, 2.45) is 5.41 Å². The first-order valence-corrected chi connectivity index (χ1v) is 57.3. The smallest absolute Gasteiger partial charge is 0.303 e. The minimum Gasteiger partial charge on any atom is -0.491 e. The molecule has 53 heteroatoms. The molecule has 12 amide bonds. The lowest BCUT2D eigenvalue weighted by molar-refractivity contribution is -0.189. The Kier molecular flexibility index (Phi) is 23.6. The van der Waals surface area contributed by atoms with Crippen molar-refractivity contribution in [3.8, 4) is 11.5 Å². The predicted molar refractivity (Wildman–Crippen MR) is 530 cm³/mol. The number of benzene rings is 4. The molecular formula is C87H96ClN15O25S12. The number of aliphatic hydroxyl groups excluding tert-OH is 5. The lowest BCUT2D eigenvalue weighted by atomic mass is 9.76. The fourth-order valence-corrected chi connectivity index (χ4v) is 43.9. The maximum absolute atomic E-state index is 14.4. The molecule has 10 N–H and O–H groups in total. The van der Waals surface area contributed by atoms with Crippen LogP contribution in [0.2, 0.25) is 5.02 Å². The average Bonchev–Trinajstić information content (AvgIpc) is 1.52. The van der Waals surface area contributed by atoms with Gasteiger partial charge in [-0.25, -0.2) is 0 Å². The number of carbonyl (C=O) groups is 14. The summed E-state index contributed by atoms with van der Waals surface area (Å²) in [5, 5.41) is 84.9. The first-order chi connectivity index (χ1) is 66.0. The summed E-state index contributed by atoms with van der Waals surface area (Å²) in [6.07, 6.45) is -2.55. The van der Waals surface area contributed by atoms with Gasteiger partial charge in [-0.1, -0.05) is 168 Å². The van der Waals surface area contributed by atoms with Gasteiger partial charge in [0.2, 0.25) is 24.4 Å². The third-order valence-electron chi connectivity index (χ3n) is 31.4. The standard InChI is InChI=1S/C31H30N6O6S4.C20H26N2O8S2.C18H20ClN3O6S2.C14H16N2O3S2.C4H4N2O2S2/c1-33-25(42)30(15-38)34(2)23(40)28(33,44-46-30)12-17-13-36(21-11-7-4-8-18(17)21)27-14-29-24(41)35(3)31(16-39,47-45-29)26(43)37(29)22(27)32-20-10-6-5-9-19(20)27;1-9-16(3,4)12(25)18(30-9)6-11-17(28,13(18)29-10(2)24)7-19-14(26)21(5)20(8-23,32-31-19)15(27)22(11)19;1-16-14(24)22-13-17(26,12(23)18(22,30-29-16)15(25)21(16)3)7-6-8(19)10(27-4)11(28-5)9(7)20(13)2;1-15-12(19)14(9-17)16(2)11(18)13(15,20-21-14)8-10-6-4-3-5-7-10;7-1-3-6-2(8)4(5-1)10-9-3/h4-11,13,22,32,38-39H,12,14-16H2,1-3H3;9,11,13,23,28H,6-8H2,1-5H3;6,12-13,23,26H,1-5H3;3-7,17H,8-9H2,1-2H3;3-4H,(H,5,7)(H,6,8). The second kappa shape index (κ2) is 33.0. The molecule has 23 fully saturated rings. The van der Waals surface area contributed by atoms with Crippen LogP contribution in [-0.4, -0.2) is 376 Å². The predicted octanol–water partition coefficient (Wildman–Crippen LogP) is 2.55. The molecule has 40 nitrogen and oxygen atoms in total. The minimum atomic E-state index is -1.97. The number of nitrogens with one attached hydrogen (secondary N) is 3. The maximum Gasteiger partial charge on any atom is 0.303 e. The van der Waals surface area contributed by atoms with E-state index in [9.17, 15) is 103 Å². The van der Waals surface area contributed by atoms with Crippen molar-refractivity contribution in [3.05, 3.63) is 118 Å². The number of fused-ring (bicyclic) bond motifs is 23. The summed E-state index contributed by atoms with van der Waals surface area (Å²) >= 11 is 6.39. The highest BCUT2D eigenvalue weighted by Gasteiger charge is 2.87. The Bertz CT molecular complexity index is 6340. The van der Waals surface area contributed by atoms with Crippen molar-refractivity contribution in [1.29, 1.82) is 0 Å². The van der Waals surface area contributed by atoms with Gasteiger partial charge in [0.05, 0.1) is 68.9 Å². The Balaban J connectivity index is 0.000000114. The highest BCUT2D eigenvalue weighted by molar-refractivity contribution is 8.80. The van der Waals surface area contributed by atoms with Gasteiger partial charge in [0.15, 0.2) is 69.7 Å². The van der Waals surface area contributed by atoms with Gasteiger partial charge in [-0.05, 0) is 97.1 Å². The Hall–Kier alpha value is -7.43. The molecule has 12 bridgehead atoms. The SMILES string of the molecule is CC(=O)OC1C2(CC3N4C(=O)C5(CO)SSC4(CC31O)C(=O)N5C)OC(C)C(C)(C)C2=O.CN1C(=O)C2(Cc3ccccc3)SSC1(CO)C(=O)N2C.CN1C(=O)C2(Cc3cn(C45CC67SSC(CO)(C(=O)N6C4Nc4ccccc45)N(C)C7=O)c4ccccc34)SSC1(CO)C(=O)N2C.COc1c(Cl)cc2c(c1OC)N(C)C1N3C(=O)C4(C)SSC3(C(=O)N4C)C(O)C21O.O=C1NC2SSC1NC2=O. The van der Waals surface area contributed by atoms with Crippen molar-refractivity contribution < 1.29 is 122 Å². The number of hydrogen-bond donors (Lipinski definition) is 10. The number of Topliss-reactive ketones (excluding diaryl/α,β-unsaturated/α-hetero) is 1. The summed E-state index contributed by atoms with van der Waals surface area (Å²) in [6, 6.07) is 25.9. The number of nitrogens with zero attached hydrogens (tertiary/aromatic N) is 12. The molecule has 25 heterocycles. The number of aromatic nitrogens is 1. The van der Waals surface area contributed by atoms with Gasteiger partial charge in [-0.2, -0.15) is 0 Å². The van der Waals surface area contributed by atoms with Crippen LogP contribution in [0.25, 0.3) is 10.9 Å². The van der Waals surface area contributed by atoms with Crippen LogP contribution < -0.4 is 30.3 Å². The van der Waals surface area contributed by atoms with Crippen molar-refractivity contribution in [2.75, 3.05) is 107 Å². The normalized spacial score (nSPS) is 39.2. The van der Waals surface area contributed by atoms with Crippen LogP contribution in [0, 0.1) is 5.41 Å². The van der Waals surface area contributed by atoms with Crippen LogP contribution >= 0.6 is 141 Å². The van der Waals surface area contributed by atoms with Gasteiger partial charge >= 0.3 is 5.97 Å². The number of halogens is 1. The number of ether oxygens (including phenoxy) is 4. The van der Waals surface area contributed by atoms with Crippen LogP contribution in [-0.2, 0) is 101 Å². The Morgan fingerprint density at radius 1 is 0.529 bits per heavy atom. The summed E-state index contributed by atoms with van der Waals surface area (Å²) in [7, 11) is 30.7. The number of hydrogen-bond acceptors (Lipinski definition) is 39. The summed E-state index contributed by atoms with van der Waals surface area (Å²) in [5.41, 5.74) is -2.11. The van der Waals surface area contributed by atoms with E-state index in [-0.39, 0.29) is 124 Å². The molecule has 4 spiro atoms. The van der Waals surface area contributed by atoms with E-state index in [1.54, 1.807) is 86.8 Å². The van der Waals surface area contributed by atoms with E-state index < -0.39 is 157 Å². The van der Waals surface area contributed by atoms with Gasteiger partial charge < -0.3 is 119 Å². The van der Waals surface area contributed by atoms with E-state index in [0.717, 1.165) is 65.7 Å². The van der Waals surface area contributed by atoms with Crippen LogP contribution in [0.4, 0.5) is 11.4 Å². The van der Waals surface area contributed by atoms with E-state index >= 15 is 0 Å². The number of methoxy groups -OCH3 is 2. The average molecular weight is 2170 g/mol. The first kappa shape index (κ1) is 99.9. The Morgan fingerprint density at radius 2 is 1.01 bits per heavy atom. The summed E-state index contributed by atoms with van der Waals surface area (Å²) in [4.78, 5) is 186. The number of esters is 1. The molecule has 25 aliphatic rings. The molecular weight excluding hydrogens is 2080 g/mol. The summed E-state index contributed by atoms with van der Waals surface area (Å²) < 4.78 is 24.8. The lowest BCUT2D eigenvalue weighted by Gasteiger charge is -2.58. The van der Waals surface area contributed by atoms with Crippen LogP contribution in [0.1, 0.15) is 76.1 Å². The van der Waals surface area contributed by atoms with Crippen molar-refractivity contribution in [2.45, 2.75) is 185 Å². The molecule has 1 aromatic heterocycles. The van der Waals surface area contributed by atoms with Crippen molar-refractivity contribution >= 4 is 246 Å². The minimum absolute atomic E-state index is 0.0895. The Labute approximate surface area is 852 Å². The molecule has 1 saturated carbocycles. The van der Waals surface area contributed by atoms with Crippen LogP contribution in [0.15, 0.2) is 91.1 Å². The quantitative estimate of drug-likeness (QED) is 0.0634. The molecule has 30 rings (SSSR count). The van der Waals surface area contributed by atoms with Crippen molar-refractivity contribution in [3.63, 3.8) is 0 Å². The van der Waals surface area contributed by atoms with Gasteiger partial charge in [0.25, 0.3) is 70.9 Å². The van der Waals surface area contributed by atoms with E-state index in [4.69, 9.17) is 30.5 Å². The number of amides is 12. The highest BCUT2D eigenvalue weighted by atomic mass is 35.5. The molecule has 1 aliphatic carbocycles. The molecule has 140 heavy (non-hydrogen) atoms. The Morgan fingerprint density at radius 3 is 1.54 bits per heavy atom. The third-order valence-corrected chi connectivity index (χ3v) is 52.7. The van der Waals surface area contributed by atoms with E-state index in [0.29, 0.717) is 12.1 Å². The van der Waals surface area contributed by atoms with Gasteiger partial charge in [-0.3, -0.25) is 76.9 Å². The van der Waals surface area contributed by atoms with Gasteiger partial charge in [0.1, 0.15) is 29.6 Å². The lowest BCUT2D eigenvalue weighted by Crippen LogP contribution is -2.77. The molecule has 5 aromatic rings. The number of likely N-dealkylation sites (N-methyl/N-ethyl adjacent to an activating group) is 8. The summed E-state index contributed by atoms with van der Waals surface area (Å²) in [5.74, 6) is -3.81. The highest BCUT2D eigenvalue weighted by Crippen LogP contribution is 2.75. The van der Waals surface area contributed by atoms with E-state index in [1.807, 2.05) is 85.1 Å². The van der Waals surface area contributed by atoms with Gasteiger partial charge in [0, 0.05) is 129 Å². The van der Waals surface area contributed by atoms with Crippen LogP contribution in [0.5, 0.6) is 11.5 Å². The fraction of sp³-hybridized carbons (Fsp3) is 0.540. The number of piperazine rings is 6. The molecule has 24 aliphatic heterocycles. The molecule has 22 atom stereocenters. The number of anilines is 2. The van der Waals surface area contributed by atoms with Crippen LogP contribution in [0.3, 0.4) is 0 Å². The number of para-hydroxylation sites is 2. The second-order valence-electron chi connectivity index (χ2n) is 38.1. The largest absolute Gasteiger partial charge is 0.491 e. The fourth-order valence-electron chi connectivity index (χ4n) is 23.2. The van der Waals surface area contributed by atoms with Gasteiger partial charge in [-0.15, -0.1) is 0 Å². The molecule has 0 radical (unpaired) electrons. The topological polar surface area (TPSA) is 494 Å². The first-order valence-electron chi connectivity index (χ1n) is 43.9. The van der Waals surface area contributed by atoms with E-state index in [1.165, 1.54) is 176 Å². The molecule has 4 aromatic carbocycles. The maximum atomic E-state index is 14.4. The second-order valence-corrected chi connectivity index (χ2v) is 54.5. The molecule has 748 valence electrons. The zero-order valence-corrected chi connectivity index (χ0v) is 87.8. The monoisotopic (exact) mass is 2170 g/mol. The number of rotatable bonds is 12. The number of ketones is 1. The molecule has 22 saturated heterocycles. The third kappa shape index (κ3) is 12.2. The zero-order chi connectivity index (χ0) is 101. The number of aliphatic hydroxyl groups is 7. The van der Waals surface area contributed by atoms with E-state index in [2.05, 4.69) is 20.5 Å². The van der Waals surface area contributed by atoms with Crippen molar-refractivity contribution in [1.82, 2.24) is 64.2 Å². The summed E-state index contributed by atoms with van der Waals surface area (Å²) in [6.45, 7) is 6.10. The molecule has 22 unspecified atom stereocenters.